The molecule has 0 aliphatic rings. The van der Waals surface area contributed by atoms with Crippen molar-refractivity contribution in [1.82, 2.24) is 0 Å². The average Bonchev–Trinajstić information content (AvgIpc) is 2.47. The van der Waals surface area contributed by atoms with E-state index in [1.54, 1.807) is 0 Å². The summed E-state index contributed by atoms with van der Waals surface area (Å²) < 4.78 is 0. The first-order chi connectivity index (χ1) is 10.2. The molecule has 0 atom stereocenters. The summed E-state index contributed by atoms with van der Waals surface area (Å²) in [6.45, 7) is 7.98. The van der Waals surface area contributed by atoms with Gasteiger partial charge in [-0.15, -0.1) is 13.2 Å². The highest BCUT2D eigenvalue weighted by molar-refractivity contribution is 6.85. The smallest absolute Gasteiger partial charge is 0.104 e. The lowest BCUT2D eigenvalue weighted by molar-refractivity contribution is 1.30. The fourth-order valence-corrected chi connectivity index (χ4v) is 2.87. The van der Waals surface area contributed by atoms with Crippen LogP contribution in [-0.4, -0.2) is 6.71 Å². The maximum atomic E-state index is 6.13. The second kappa shape index (κ2) is 7.54. The molecule has 0 bridgehead atoms. The molecule has 106 valence electrons. The van der Waals surface area contributed by atoms with Gasteiger partial charge in [0.25, 0.3) is 0 Å². The predicted octanol–water partition coefficient (Wildman–Crippen LogP) is 4.52. The number of halogens is 2. The largest absolute Gasteiger partial charge is 0.213 e. The second-order valence-electron chi connectivity index (χ2n) is 4.96. The van der Waals surface area contributed by atoms with Crippen LogP contribution in [0.15, 0.2) is 67.8 Å². The first kappa shape index (κ1) is 15.9. The third-order valence-corrected chi connectivity index (χ3v) is 4.01. The molecule has 0 unspecified atom stereocenters. The van der Waals surface area contributed by atoms with Crippen molar-refractivity contribution in [1.29, 1.82) is 0 Å². The van der Waals surface area contributed by atoms with Crippen LogP contribution in [0.3, 0.4) is 0 Å². The molecule has 2 aromatic carbocycles. The van der Waals surface area contributed by atoms with E-state index in [0.717, 1.165) is 22.8 Å². The van der Waals surface area contributed by atoms with Gasteiger partial charge in [-0.25, -0.2) is 0 Å². The molecule has 0 aromatic heterocycles. The molecule has 0 saturated carbocycles. The first-order valence-corrected chi connectivity index (χ1v) is 7.67. The van der Waals surface area contributed by atoms with Crippen LogP contribution in [0, 0.1) is 0 Å². The summed E-state index contributed by atoms with van der Waals surface area (Å²) in [5, 5.41) is 1.50. The molecular weight excluding hydrogens is 298 g/mol. The van der Waals surface area contributed by atoms with Gasteiger partial charge in [0.2, 0.25) is 6.71 Å². The van der Waals surface area contributed by atoms with Crippen molar-refractivity contribution < 1.29 is 0 Å². The van der Waals surface area contributed by atoms with E-state index in [-0.39, 0.29) is 6.71 Å². The van der Waals surface area contributed by atoms with Gasteiger partial charge in [0.1, 0.15) is 0 Å². The lowest BCUT2D eigenvalue weighted by Gasteiger charge is -2.17. The van der Waals surface area contributed by atoms with E-state index in [2.05, 4.69) is 31.4 Å². The summed E-state index contributed by atoms with van der Waals surface area (Å²) >= 11 is 12.1. The molecule has 0 spiro atoms. The lowest BCUT2D eigenvalue weighted by atomic mass is 9.38. The molecule has 2 aromatic rings. The van der Waals surface area contributed by atoms with E-state index in [9.17, 15) is 0 Å². The van der Waals surface area contributed by atoms with Gasteiger partial charge in [0.05, 0.1) is 0 Å². The molecule has 0 heterocycles. The monoisotopic (exact) mass is 314 g/mol. The molecule has 0 N–H and O–H groups in total. The minimum atomic E-state index is 0.256. The molecule has 0 nitrogen and oxygen atoms in total. The number of hydrogen-bond acceptors (Lipinski definition) is 0. The van der Waals surface area contributed by atoms with Crippen LogP contribution < -0.4 is 10.9 Å². The Labute approximate surface area is 137 Å². The zero-order chi connectivity index (χ0) is 15.2. The zero-order valence-electron chi connectivity index (χ0n) is 11.9. The van der Waals surface area contributed by atoms with Crippen molar-refractivity contribution >= 4 is 40.8 Å². The molecule has 0 saturated heterocycles. The van der Waals surface area contributed by atoms with Gasteiger partial charge in [0, 0.05) is 10.0 Å². The summed E-state index contributed by atoms with van der Waals surface area (Å²) in [5.41, 5.74) is 3.70. The highest BCUT2D eigenvalue weighted by Crippen LogP contribution is 2.13. The molecule has 0 amide bonds. The summed E-state index contributed by atoms with van der Waals surface area (Å²) in [4.78, 5) is 0. The van der Waals surface area contributed by atoms with Gasteiger partial charge < -0.3 is 0 Å². The van der Waals surface area contributed by atoms with Crippen LogP contribution in [0.2, 0.25) is 16.4 Å². The topological polar surface area (TPSA) is 0 Å². The Bertz CT molecular complexity index is 632. The van der Waals surface area contributed by atoms with Gasteiger partial charge in [-0.3, -0.25) is 0 Å². The Kier molecular flexibility index (Phi) is 5.72. The fraction of sp³-hybridized carbons (Fsp3) is 0.111. The van der Waals surface area contributed by atoms with Crippen molar-refractivity contribution in [3.8, 4) is 0 Å². The lowest BCUT2D eigenvalue weighted by Crippen LogP contribution is -2.43. The fourth-order valence-electron chi connectivity index (χ4n) is 2.55. The molecule has 0 radical (unpaired) electrons. The third kappa shape index (κ3) is 4.03. The SMILES string of the molecule is C=CCB(c1ccc(Cl)cc1)c1ccc(Cl)cc1CC=C. The van der Waals surface area contributed by atoms with Crippen LogP contribution in [0.4, 0.5) is 0 Å². The van der Waals surface area contributed by atoms with Gasteiger partial charge in [-0.2, -0.15) is 0 Å². The van der Waals surface area contributed by atoms with E-state index in [4.69, 9.17) is 23.2 Å². The number of benzene rings is 2. The molecule has 21 heavy (non-hydrogen) atoms. The maximum Gasteiger partial charge on any atom is 0.213 e. The van der Waals surface area contributed by atoms with Gasteiger partial charge in [0.15, 0.2) is 0 Å². The van der Waals surface area contributed by atoms with E-state index < -0.39 is 0 Å². The molecule has 0 fully saturated rings. The Hall–Kier alpha value is -1.44. The maximum absolute atomic E-state index is 6.13. The quantitative estimate of drug-likeness (QED) is 0.543. The Balaban J connectivity index is 2.49. The normalized spacial score (nSPS) is 10.2. The van der Waals surface area contributed by atoms with Crippen molar-refractivity contribution in [3.63, 3.8) is 0 Å². The van der Waals surface area contributed by atoms with E-state index in [1.807, 2.05) is 36.4 Å². The summed E-state index contributed by atoms with van der Waals surface area (Å²) in [7, 11) is 0. The van der Waals surface area contributed by atoms with Crippen LogP contribution in [0.25, 0.3) is 0 Å². The minimum Gasteiger partial charge on any atom is -0.104 e. The van der Waals surface area contributed by atoms with Gasteiger partial charge >= 0.3 is 0 Å². The molecule has 3 heteroatoms. The second-order valence-corrected chi connectivity index (χ2v) is 5.84. The Morgan fingerprint density at radius 1 is 0.905 bits per heavy atom. The number of hydrogen-bond donors (Lipinski definition) is 0. The van der Waals surface area contributed by atoms with E-state index >= 15 is 0 Å². The minimum absolute atomic E-state index is 0.256. The van der Waals surface area contributed by atoms with Crippen molar-refractivity contribution in [2.45, 2.75) is 12.7 Å². The first-order valence-electron chi connectivity index (χ1n) is 6.91. The average molecular weight is 315 g/mol. The van der Waals surface area contributed by atoms with Crippen molar-refractivity contribution in [2.24, 2.45) is 0 Å². The standard InChI is InChI=1S/C18H17BCl2/c1-3-5-14-13-17(21)10-11-18(14)19(12-4-2)15-6-8-16(20)9-7-15/h3-4,6-11,13H,1-2,5,12H2. The van der Waals surface area contributed by atoms with Crippen LogP contribution in [-0.2, 0) is 6.42 Å². The zero-order valence-corrected chi connectivity index (χ0v) is 13.4. The summed E-state index contributed by atoms with van der Waals surface area (Å²) in [6.07, 6.45) is 5.53. The molecular formula is C18H17BCl2. The molecule has 2 rings (SSSR count). The summed E-state index contributed by atoms with van der Waals surface area (Å²) in [5.74, 6) is 0. The predicted molar refractivity (Wildman–Crippen MR) is 96.8 cm³/mol. The molecule has 0 aliphatic heterocycles. The summed E-state index contributed by atoms with van der Waals surface area (Å²) in [6, 6.07) is 14.1. The third-order valence-electron chi connectivity index (χ3n) is 3.52. The highest BCUT2D eigenvalue weighted by Gasteiger charge is 2.20. The van der Waals surface area contributed by atoms with Gasteiger partial charge in [-0.1, -0.05) is 64.5 Å². The number of allylic oxidation sites excluding steroid dienone is 2. The Morgan fingerprint density at radius 2 is 1.57 bits per heavy atom. The van der Waals surface area contributed by atoms with Crippen LogP contribution in [0.5, 0.6) is 0 Å². The van der Waals surface area contributed by atoms with Crippen LogP contribution in [0.1, 0.15) is 5.56 Å². The highest BCUT2D eigenvalue weighted by atomic mass is 35.5. The van der Waals surface area contributed by atoms with Crippen molar-refractivity contribution in [2.75, 3.05) is 0 Å². The van der Waals surface area contributed by atoms with E-state index in [0.29, 0.717) is 0 Å². The number of rotatable bonds is 6. The Morgan fingerprint density at radius 3 is 2.19 bits per heavy atom. The molecule has 0 aliphatic carbocycles. The van der Waals surface area contributed by atoms with Crippen LogP contribution >= 0.6 is 23.2 Å². The van der Waals surface area contributed by atoms with Gasteiger partial charge in [-0.05, 0) is 42.6 Å². The van der Waals surface area contributed by atoms with E-state index in [1.165, 1.54) is 16.5 Å². The van der Waals surface area contributed by atoms with Crippen molar-refractivity contribution in [3.05, 3.63) is 83.4 Å².